The molecule has 2 aliphatic rings. The minimum atomic E-state index is -3.08. The minimum Gasteiger partial charge on any atom is -0.339 e. The maximum Gasteiger partial charge on any atom is 0.321 e. The van der Waals surface area contributed by atoms with E-state index in [-0.39, 0.29) is 23.4 Å². The SMILES string of the molecule is Cc1ccc(NC(=O)N2CCN(C(=O)C3CCS(=O)(=O)C3)CC2)cc1Cl. The summed E-state index contributed by atoms with van der Waals surface area (Å²) in [5.74, 6) is -0.516. The molecule has 0 spiro atoms. The quantitative estimate of drug-likeness (QED) is 0.820. The number of rotatable bonds is 2. The van der Waals surface area contributed by atoms with Crippen molar-refractivity contribution in [3.05, 3.63) is 28.8 Å². The van der Waals surface area contributed by atoms with E-state index in [4.69, 9.17) is 11.6 Å². The van der Waals surface area contributed by atoms with Crippen molar-refractivity contribution in [2.75, 3.05) is 43.0 Å². The molecule has 7 nitrogen and oxygen atoms in total. The van der Waals surface area contributed by atoms with E-state index in [2.05, 4.69) is 5.32 Å². The van der Waals surface area contributed by atoms with Crippen LogP contribution in [0.25, 0.3) is 0 Å². The third-order valence-corrected chi connectivity index (χ3v) is 7.06. The van der Waals surface area contributed by atoms with Crippen LogP contribution < -0.4 is 5.32 Å². The van der Waals surface area contributed by atoms with E-state index < -0.39 is 15.8 Å². The van der Waals surface area contributed by atoms with Crippen molar-refractivity contribution in [1.82, 2.24) is 9.80 Å². The van der Waals surface area contributed by atoms with Gasteiger partial charge in [-0.15, -0.1) is 0 Å². The summed E-state index contributed by atoms with van der Waals surface area (Å²) < 4.78 is 23.1. The molecule has 9 heteroatoms. The average molecular weight is 400 g/mol. The minimum absolute atomic E-state index is 0.0548. The van der Waals surface area contributed by atoms with Crippen LogP contribution in [0.2, 0.25) is 5.02 Å². The molecule has 1 N–H and O–H groups in total. The number of anilines is 1. The van der Waals surface area contributed by atoms with Crippen LogP contribution in [0.4, 0.5) is 10.5 Å². The smallest absolute Gasteiger partial charge is 0.321 e. The lowest BCUT2D eigenvalue weighted by molar-refractivity contribution is -0.136. The molecule has 2 heterocycles. The van der Waals surface area contributed by atoms with Gasteiger partial charge in [0.1, 0.15) is 0 Å². The van der Waals surface area contributed by atoms with E-state index in [1.54, 1.807) is 21.9 Å². The first-order valence-electron chi connectivity index (χ1n) is 8.56. The number of nitrogens with zero attached hydrogens (tertiary/aromatic N) is 2. The summed E-state index contributed by atoms with van der Waals surface area (Å²) in [7, 11) is -3.08. The number of urea groups is 1. The lowest BCUT2D eigenvalue weighted by Crippen LogP contribution is -2.53. The van der Waals surface area contributed by atoms with Crippen molar-refractivity contribution in [3.8, 4) is 0 Å². The Balaban J connectivity index is 1.52. The first-order valence-corrected chi connectivity index (χ1v) is 10.8. The van der Waals surface area contributed by atoms with Crippen LogP contribution in [0.5, 0.6) is 0 Å². The second-order valence-corrected chi connectivity index (χ2v) is 9.44. The molecular weight excluding hydrogens is 378 g/mol. The van der Waals surface area contributed by atoms with Gasteiger partial charge in [-0.1, -0.05) is 17.7 Å². The molecule has 0 aliphatic carbocycles. The van der Waals surface area contributed by atoms with Crippen LogP contribution in [0.3, 0.4) is 0 Å². The van der Waals surface area contributed by atoms with Gasteiger partial charge in [-0.05, 0) is 31.0 Å². The second-order valence-electron chi connectivity index (χ2n) is 6.81. The normalized spacial score (nSPS) is 22.3. The zero-order valence-electron chi connectivity index (χ0n) is 14.6. The number of benzene rings is 1. The van der Waals surface area contributed by atoms with E-state index >= 15 is 0 Å². The van der Waals surface area contributed by atoms with Gasteiger partial charge in [-0.3, -0.25) is 4.79 Å². The fraction of sp³-hybridized carbons (Fsp3) is 0.529. The molecule has 1 atom stereocenters. The lowest BCUT2D eigenvalue weighted by Gasteiger charge is -2.35. The third kappa shape index (κ3) is 4.29. The summed E-state index contributed by atoms with van der Waals surface area (Å²) >= 11 is 6.07. The molecule has 26 heavy (non-hydrogen) atoms. The highest BCUT2D eigenvalue weighted by Crippen LogP contribution is 2.22. The maximum absolute atomic E-state index is 12.5. The summed E-state index contributed by atoms with van der Waals surface area (Å²) in [5.41, 5.74) is 1.56. The van der Waals surface area contributed by atoms with Crippen LogP contribution in [-0.2, 0) is 14.6 Å². The Morgan fingerprint density at radius 1 is 1.15 bits per heavy atom. The van der Waals surface area contributed by atoms with E-state index in [0.717, 1.165) is 5.56 Å². The van der Waals surface area contributed by atoms with Gasteiger partial charge >= 0.3 is 6.03 Å². The lowest BCUT2D eigenvalue weighted by atomic mass is 10.1. The van der Waals surface area contributed by atoms with Gasteiger partial charge in [0.25, 0.3) is 0 Å². The Bertz CT molecular complexity index is 819. The summed E-state index contributed by atoms with van der Waals surface area (Å²) in [6.45, 7) is 3.54. The Hall–Kier alpha value is -1.80. The fourth-order valence-corrected chi connectivity index (χ4v) is 5.16. The molecule has 0 bridgehead atoms. The summed E-state index contributed by atoms with van der Waals surface area (Å²) in [5, 5.41) is 3.40. The zero-order valence-corrected chi connectivity index (χ0v) is 16.1. The molecular formula is C17H22ClN3O4S. The van der Waals surface area contributed by atoms with Crippen molar-refractivity contribution in [1.29, 1.82) is 0 Å². The summed E-state index contributed by atoms with van der Waals surface area (Å²) in [4.78, 5) is 28.1. The maximum atomic E-state index is 12.5. The average Bonchev–Trinajstić information content (AvgIpc) is 2.97. The van der Waals surface area contributed by atoms with Gasteiger partial charge in [0.2, 0.25) is 5.91 Å². The molecule has 2 saturated heterocycles. The second kappa shape index (κ2) is 7.44. The molecule has 142 valence electrons. The highest BCUT2D eigenvalue weighted by atomic mass is 35.5. The van der Waals surface area contributed by atoms with Crippen molar-refractivity contribution >= 4 is 39.1 Å². The topological polar surface area (TPSA) is 86.8 Å². The summed E-state index contributed by atoms with van der Waals surface area (Å²) in [6.07, 6.45) is 0.399. The Morgan fingerprint density at radius 3 is 2.38 bits per heavy atom. The predicted octanol–water partition coefficient (Wildman–Crippen LogP) is 1.76. The number of sulfone groups is 1. The van der Waals surface area contributed by atoms with Crippen LogP contribution >= 0.6 is 11.6 Å². The first kappa shape index (κ1) is 19.0. The highest BCUT2D eigenvalue weighted by Gasteiger charge is 2.36. The first-order chi connectivity index (χ1) is 12.2. The van der Waals surface area contributed by atoms with E-state index in [9.17, 15) is 18.0 Å². The number of carbonyl (C=O) groups is 2. The highest BCUT2D eigenvalue weighted by molar-refractivity contribution is 7.91. The molecule has 0 saturated carbocycles. The number of piperazine rings is 1. The zero-order chi connectivity index (χ0) is 18.9. The van der Waals surface area contributed by atoms with E-state index in [1.165, 1.54) is 0 Å². The van der Waals surface area contributed by atoms with Crippen LogP contribution in [0, 0.1) is 12.8 Å². The number of amides is 3. The van der Waals surface area contributed by atoms with Gasteiger partial charge in [0, 0.05) is 36.9 Å². The number of hydrogen-bond donors (Lipinski definition) is 1. The molecule has 3 amide bonds. The molecule has 1 unspecified atom stereocenters. The largest absolute Gasteiger partial charge is 0.339 e. The number of halogens is 1. The Kier molecular flexibility index (Phi) is 5.43. The standard InChI is InChI=1S/C17H22ClN3O4S/c1-12-2-3-14(10-15(12)18)19-17(23)21-7-5-20(6-8-21)16(22)13-4-9-26(24,25)11-13/h2-3,10,13H,4-9,11H2,1H3,(H,19,23). The molecule has 0 aromatic heterocycles. The number of nitrogens with one attached hydrogen (secondary N) is 1. The predicted molar refractivity (Wildman–Crippen MR) is 100 cm³/mol. The number of aryl methyl sites for hydroxylation is 1. The molecule has 3 rings (SSSR count). The third-order valence-electron chi connectivity index (χ3n) is 4.88. The molecule has 1 aromatic carbocycles. The van der Waals surface area contributed by atoms with E-state index in [0.29, 0.717) is 43.3 Å². The molecule has 2 fully saturated rings. The van der Waals surface area contributed by atoms with Gasteiger partial charge in [-0.25, -0.2) is 13.2 Å². The van der Waals surface area contributed by atoms with Crippen molar-refractivity contribution in [3.63, 3.8) is 0 Å². The van der Waals surface area contributed by atoms with Gasteiger partial charge in [0.05, 0.1) is 17.4 Å². The van der Waals surface area contributed by atoms with Crippen molar-refractivity contribution in [2.24, 2.45) is 5.92 Å². The van der Waals surface area contributed by atoms with Gasteiger partial charge in [-0.2, -0.15) is 0 Å². The van der Waals surface area contributed by atoms with Crippen LogP contribution in [-0.4, -0.2) is 67.8 Å². The van der Waals surface area contributed by atoms with E-state index in [1.807, 2.05) is 13.0 Å². The number of hydrogen-bond acceptors (Lipinski definition) is 4. The Labute approximate surface area is 158 Å². The summed E-state index contributed by atoms with van der Waals surface area (Å²) in [6, 6.07) is 5.10. The number of carbonyl (C=O) groups excluding carboxylic acids is 2. The van der Waals surface area contributed by atoms with Crippen LogP contribution in [0.15, 0.2) is 18.2 Å². The fourth-order valence-electron chi connectivity index (χ4n) is 3.25. The monoisotopic (exact) mass is 399 g/mol. The van der Waals surface area contributed by atoms with Gasteiger partial charge < -0.3 is 15.1 Å². The van der Waals surface area contributed by atoms with Crippen LogP contribution in [0.1, 0.15) is 12.0 Å². The Morgan fingerprint density at radius 2 is 1.81 bits per heavy atom. The molecule has 2 aliphatic heterocycles. The molecule has 1 aromatic rings. The van der Waals surface area contributed by atoms with Crippen molar-refractivity contribution in [2.45, 2.75) is 13.3 Å². The van der Waals surface area contributed by atoms with Crippen molar-refractivity contribution < 1.29 is 18.0 Å². The molecule has 0 radical (unpaired) electrons. The van der Waals surface area contributed by atoms with Gasteiger partial charge in [0.15, 0.2) is 9.84 Å².